The third kappa shape index (κ3) is 3.48. The Hall–Kier alpha value is -2.89. The van der Waals surface area contributed by atoms with E-state index in [0.717, 1.165) is 18.7 Å². The van der Waals surface area contributed by atoms with Crippen LogP contribution in [0.1, 0.15) is 21.6 Å². The van der Waals surface area contributed by atoms with E-state index in [4.69, 9.17) is 0 Å². The lowest BCUT2D eigenvalue weighted by atomic mass is 10.1. The highest BCUT2D eigenvalue weighted by atomic mass is 16.1. The first-order valence-electron chi connectivity index (χ1n) is 7.50. The number of hydrogen-bond acceptors (Lipinski definition) is 3. The van der Waals surface area contributed by atoms with Gasteiger partial charge in [-0.1, -0.05) is 30.3 Å². The van der Waals surface area contributed by atoms with E-state index in [-0.39, 0.29) is 5.91 Å². The lowest BCUT2D eigenvalue weighted by Crippen LogP contribution is -2.12. The molecule has 0 radical (unpaired) electrons. The van der Waals surface area contributed by atoms with Crippen LogP contribution in [0.2, 0.25) is 0 Å². The van der Waals surface area contributed by atoms with Gasteiger partial charge in [0.2, 0.25) is 0 Å². The van der Waals surface area contributed by atoms with Gasteiger partial charge < -0.3 is 5.32 Å². The van der Waals surface area contributed by atoms with Gasteiger partial charge in [0.1, 0.15) is 0 Å². The monoisotopic (exact) mass is 309 g/mol. The number of carbonyl (C=O) groups excluding carboxylic acids is 1. The lowest BCUT2D eigenvalue weighted by molar-refractivity contribution is 0.102. The Morgan fingerprint density at radius 1 is 1.17 bits per heavy atom. The van der Waals surface area contributed by atoms with E-state index in [9.17, 15) is 4.79 Å². The number of aromatic nitrogens is 4. The smallest absolute Gasteiger partial charge is 0.259 e. The summed E-state index contributed by atoms with van der Waals surface area (Å²) in [5.74, 6) is -0.168. The van der Waals surface area contributed by atoms with Crippen molar-refractivity contribution in [2.24, 2.45) is 7.05 Å². The van der Waals surface area contributed by atoms with Crippen molar-refractivity contribution < 1.29 is 4.79 Å². The molecular weight excluding hydrogens is 290 g/mol. The summed E-state index contributed by atoms with van der Waals surface area (Å²) >= 11 is 0. The van der Waals surface area contributed by atoms with Crippen LogP contribution in [0.3, 0.4) is 0 Å². The maximum Gasteiger partial charge on any atom is 0.259 e. The van der Waals surface area contributed by atoms with Crippen LogP contribution in [0.25, 0.3) is 0 Å². The molecule has 0 bridgehead atoms. The van der Waals surface area contributed by atoms with Crippen LogP contribution in [0.5, 0.6) is 0 Å². The van der Waals surface area contributed by atoms with Crippen LogP contribution in [0.4, 0.5) is 5.69 Å². The van der Waals surface area contributed by atoms with E-state index in [1.807, 2.05) is 43.0 Å². The number of anilines is 1. The van der Waals surface area contributed by atoms with Crippen LogP contribution in [0, 0.1) is 6.92 Å². The summed E-state index contributed by atoms with van der Waals surface area (Å²) in [5, 5.41) is 11.2. The van der Waals surface area contributed by atoms with Crippen molar-refractivity contribution in [1.29, 1.82) is 0 Å². The van der Waals surface area contributed by atoms with Gasteiger partial charge in [-0.15, -0.1) is 0 Å². The van der Waals surface area contributed by atoms with Gasteiger partial charge >= 0.3 is 0 Å². The highest BCUT2D eigenvalue weighted by Gasteiger charge is 2.13. The molecule has 2 aromatic heterocycles. The molecule has 0 aliphatic heterocycles. The summed E-state index contributed by atoms with van der Waals surface area (Å²) in [7, 11) is 1.81. The van der Waals surface area contributed by atoms with E-state index in [2.05, 4.69) is 27.6 Å². The van der Waals surface area contributed by atoms with E-state index in [0.29, 0.717) is 11.3 Å². The summed E-state index contributed by atoms with van der Waals surface area (Å²) in [6.45, 7) is 2.64. The lowest BCUT2D eigenvalue weighted by Gasteiger charge is -2.03. The first-order valence-corrected chi connectivity index (χ1v) is 7.50. The third-order valence-electron chi connectivity index (χ3n) is 3.84. The van der Waals surface area contributed by atoms with Gasteiger partial charge in [0, 0.05) is 25.5 Å². The predicted octanol–water partition coefficient (Wildman–Crippen LogP) is 2.42. The second kappa shape index (κ2) is 6.48. The van der Waals surface area contributed by atoms with Crippen LogP contribution >= 0.6 is 0 Å². The van der Waals surface area contributed by atoms with E-state index in [1.54, 1.807) is 17.1 Å². The summed E-state index contributed by atoms with van der Waals surface area (Å²) in [5.41, 5.74) is 3.36. The van der Waals surface area contributed by atoms with E-state index >= 15 is 0 Å². The molecule has 0 atom stereocenters. The van der Waals surface area contributed by atoms with Gasteiger partial charge in [0.15, 0.2) is 0 Å². The maximum atomic E-state index is 12.2. The van der Waals surface area contributed by atoms with Crippen molar-refractivity contribution >= 4 is 11.6 Å². The van der Waals surface area contributed by atoms with Crippen molar-refractivity contribution in [1.82, 2.24) is 19.6 Å². The number of rotatable bonds is 5. The largest absolute Gasteiger partial charge is 0.319 e. The summed E-state index contributed by atoms with van der Waals surface area (Å²) < 4.78 is 3.51. The molecule has 0 spiro atoms. The van der Waals surface area contributed by atoms with Gasteiger partial charge in [-0.2, -0.15) is 10.2 Å². The van der Waals surface area contributed by atoms with Crippen LogP contribution in [-0.4, -0.2) is 25.5 Å². The molecule has 1 N–H and O–H groups in total. The first-order chi connectivity index (χ1) is 11.1. The standard InChI is InChI=1S/C17H19N5O/c1-13-16(11-18-21(13)2)17(23)20-15-10-19-22(12-15)9-8-14-6-4-3-5-7-14/h3-7,10-12H,8-9H2,1-2H3,(H,20,23). The van der Waals surface area contributed by atoms with Gasteiger partial charge in [-0.25, -0.2) is 0 Å². The number of amides is 1. The Balaban J connectivity index is 1.61. The molecular formula is C17H19N5O. The number of nitrogens with zero attached hydrogens (tertiary/aromatic N) is 4. The molecule has 118 valence electrons. The topological polar surface area (TPSA) is 64.7 Å². The zero-order chi connectivity index (χ0) is 16.2. The summed E-state index contributed by atoms with van der Waals surface area (Å²) in [6, 6.07) is 10.3. The highest BCUT2D eigenvalue weighted by Crippen LogP contribution is 2.11. The third-order valence-corrected chi connectivity index (χ3v) is 3.84. The molecule has 6 nitrogen and oxygen atoms in total. The Kier molecular flexibility index (Phi) is 4.23. The Bertz CT molecular complexity index is 804. The van der Waals surface area contributed by atoms with Gasteiger partial charge in [-0.3, -0.25) is 14.2 Å². The first kappa shape index (κ1) is 15.0. The second-order valence-electron chi connectivity index (χ2n) is 5.45. The fourth-order valence-electron chi connectivity index (χ4n) is 2.36. The van der Waals surface area contributed by atoms with Crippen molar-refractivity contribution in [3.05, 3.63) is 65.7 Å². The van der Waals surface area contributed by atoms with Crippen molar-refractivity contribution in [3.63, 3.8) is 0 Å². The Labute approximate surface area is 134 Å². The molecule has 0 saturated carbocycles. The quantitative estimate of drug-likeness (QED) is 0.787. The van der Waals surface area contributed by atoms with Gasteiger partial charge in [-0.05, 0) is 18.9 Å². The van der Waals surface area contributed by atoms with Crippen LogP contribution < -0.4 is 5.32 Å². The Morgan fingerprint density at radius 3 is 2.65 bits per heavy atom. The minimum Gasteiger partial charge on any atom is -0.319 e. The zero-order valence-electron chi connectivity index (χ0n) is 13.2. The molecule has 1 aromatic carbocycles. The predicted molar refractivity (Wildman–Crippen MR) is 88.3 cm³/mol. The Morgan fingerprint density at radius 2 is 1.96 bits per heavy atom. The fourth-order valence-corrected chi connectivity index (χ4v) is 2.36. The summed E-state index contributed by atoms with van der Waals surface area (Å²) in [4.78, 5) is 12.2. The minimum atomic E-state index is -0.168. The SMILES string of the molecule is Cc1c(C(=O)Nc2cnn(CCc3ccccc3)c2)cnn1C. The molecule has 3 rings (SSSR count). The minimum absolute atomic E-state index is 0.168. The number of hydrogen-bond donors (Lipinski definition) is 1. The van der Waals surface area contributed by atoms with Crippen LogP contribution in [-0.2, 0) is 20.0 Å². The molecule has 0 aliphatic carbocycles. The average molecular weight is 309 g/mol. The van der Waals surface area contributed by atoms with Crippen molar-refractivity contribution in [2.75, 3.05) is 5.32 Å². The molecule has 23 heavy (non-hydrogen) atoms. The molecule has 1 amide bonds. The number of nitrogens with one attached hydrogen (secondary N) is 1. The van der Waals surface area contributed by atoms with Gasteiger partial charge in [0.25, 0.3) is 5.91 Å². The highest BCUT2D eigenvalue weighted by molar-refractivity contribution is 6.04. The number of carbonyl (C=O) groups is 1. The normalized spacial score (nSPS) is 10.7. The molecule has 0 unspecified atom stereocenters. The zero-order valence-corrected chi connectivity index (χ0v) is 13.2. The molecule has 0 fully saturated rings. The van der Waals surface area contributed by atoms with Gasteiger partial charge in [0.05, 0.1) is 23.6 Å². The summed E-state index contributed by atoms with van der Waals surface area (Å²) in [6.07, 6.45) is 5.98. The molecule has 0 aliphatic rings. The van der Waals surface area contributed by atoms with Crippen molar-refractivity contribution in [2.45, 2.75) is 19.9 Å². The van der Waals surface area contributed by atoms with E-state index < -0.39 is 0 Å². The molecule has 6 heteroatoms. The van der Waals surface area contributed by atoms with Crippen molar-refractivity contribution in [3.8, 4) is 0 Å². The molecule has 2 heterocycles. The fraction of sp³-hybridized carbons (Fsp3) is 0.235. The van der Waals surface area contributed by atoms with E-state index in [1.165, 1.54) is 5.56 Å². The molecule has 3 aromatic rings. The molecule has 0 saturated heterocycles. The number of aryl methyl sites for hydroxylation is 3. The average Bonchev–Trinajstić information content (AvgIpc) is 3.14. The number of benzene rings is 1. The maximum absolute atomic E-state index is 12.2. The van der Waals surface area contributed by atoms with Crippen LogP contribution in [0.15, 0.2) is 48.9 Å². The second-order valence-corrected chi connectivity index (χ2v) is 5.45.